The predicted molar refractivity (Wildman–Crippen MR) is 79.0 cm³/mol. The Morgan fingerprint density at radius 3 is 2.16 bits per heavy atom. The Kier molecular flexibility index (Phi) is 6.48. The minimum absolute atomic E-state index is 0.374. The van der Waals surface area contributed by atoms with Crippen molar-refractivity contribution in [2.45, 2.75) is 25.3 Å². The zero-order chi connectivity index (χ0) is 14.3. The van der Waals surface area contributed by atoms with E-state index in [0.717, 1.165) is 38.3 Å². The molecule has 0 spiro atoms. The van der Waals surface area contributed by atoms with Gasteiger partial charge in [0.1, 0.15) is 0 Å². The molecule has 19 heavy (non-hydrogen) atoms. The highest BCUT2D eigenvalue weighted by atomic mass is 32.2. The summed E-state index contributed by atoms with van der Waals surface area (Å²) in [5.41, 5.74) is 1.10. The van der Waals surface area contributed by atoms with Crippen molar-refractivity contribution >= 4 is 9.84 Å². The van der Waals surface area contributed by atoms with Crippen molar-refractivity contribution in [3.05, 3.63) is 29.8 Å². The number of nitrogens with one attached hydrogen (secondary N) is 1. The minimum atomic E-state index is -3.09. The van der Waals surface area contributed by atoms with Crippen molar-refractivity contribution < 1.29 is 8.42 Å². The van der Waals surface area contributed by atoms with Gasteiger partial charge in [0.2, 0.25) is 0 Å². The van der Waals surface area contributed by atoms with Crippen LogP contribution in [0.5, 0.6) is 0 Å². The maximum absolute atomic E-state index is 11.3. The third-order valence-electron chi connectivity index (χ3n) is 3.18. The smallest absolute Gasteiger partial charge is 0.175 e. The second-order valence-electron chi connectivity index (χ2n) is 4.62. The van der Waals surface area contributed by atoms with Gasteiger partial charge in [0, 0.05) is 25.9 Å². The molecule has 1 rings (SSSR count). The Balaban J connectivity index is 2.38. The van der Waals surface area contributed by atoms with Gasteiger partial charge in [-0.1, -0.05) is 26.0 Å². The lowest BCUT2D eigenvalue weighted by atomic mass is 10.2. The van der Waals surface area contributed by atoms with E-state index in [2.05, 4.69) is 24.1 Å². The van der Waals surface area contributed by atoms with Gasteiger partial charge in [0.05, 0.1) is 4.90 Å². The maximum Gasteiger partial charge on any atom is 0.175 e. The average molecular weight is 284 g/mol. The first kappa shape index (κ1) is 16.1. The Hall–Kier alpha value is -0.910. The van der Waals surface area contributed by atoms with Crippen molar-refractivity contribution in [3.8, 4) is 0 Å². The van der Waals surface area contributed by atoms with E-state index in [0.29, 0.717) is 4.90 Å². The first-order chi connectivity index (χ1) is 8.97. The SMILES string of the molecule is CCN(CC)CCNCc1ccc(S(C)(=O)=O)cc1. The molecule has 0 saturated heterocycles. The summed E-state index contributed by atoms with van der Waals surface area (Å²) < 4.78 is 22.6. The Labute approximate surface area is 116 Å². The van der Waals surface area contributed by atoms with Crippen molar-refractivity contribution in [3.63, 3.8) is 0 Å². The Morgan fingerprint density at radius 1 is 1.11 bits per heavy atom. The van der Waals surface area contributed by atoms with Gasteiger partial charge in [-0.25, -0.2) is 8.42 Å². The zero-order valence-electron chi connectivity index (χ0n) is 12.0. The summed E-state index contributed by atoms with van der Waals surface area (Å²) in [4.78, 5) is 2.74. The summed E-state index contributed by atoms with van der Waals surface area (Å²) >= 11 is 0. The molecule has 5 heteroatoms. The van der Waals surface area contributed by atoms with Gasteiger partial charge in [-0.3, -0.25) is 0 Å². The summed E-state index contributed by atoms with van der Waals surface area (Å²) in [6.45, 7) is 9.21. The van der Waals surface area contributed by atoms with Crippen molar-refractivity contribution in [2.75, 3.05) is 32.4 Å². The van der Waals surface area contributed by atoms with E-state index in [1.807, 2.05) is 12.1 Å². The lowest BCUT2D eigenvalue weighted by Crippen LogP contribution is -2.31. The molecular weight excluding hydrogens is 260 g/mol. The molecule has 1 aromatic rings. The van der Waals surface area contributed by atoms with Crippen LogP contribution in [0.15, 0.2) is 29.2 Å². The fourth-order valence-electron chi connectivity index (χ4n) is 1.86. The zero-order valence-corrected chi connectivity index (χ0v) is 12.8. The number of hydrogen-bond donors (Lipinski definition) is 1. The van der Waals surface area contributed by atoms with Crippen LogP contribution in [-0.4, -0.2) is 45.8 Å². The van der Waals surface area contributed by atoms with E-state index in [1.54, 1.807) is 12.1 Å². The van der Waals surface area contributed by atoms with Crippen LogP contribution < -0.4 is 5.32 Å². The molecule has 0 aromatic heterocycles. The van der Waals surface area contributed by atoms with Gasteiger partial charge in [-0.05, 0) is 30.8 Å². The molecule has 0 unspecified atom stereocenters. The number of sulfone groups is 1. The maximum atomic E-state index is 11.3. The topological polar surface area (TPSA) is 49.4 Å². The highest BCUT2D eigenvalue weighted by Gasteiger charge is 2.05. The normalized spacial score (nSPS) is 12.0. The summed E-state index contributed by atoms with van der Waals surface area (Å²) in [5.74, 6) is 0. The van der Waals surface area contributed by atoms with E-state index in [-0.39, 0.29) is 0 Å². The minimum Gasteiger partial charge on any atom is -0.311 e. The Morgan fingerprint density at radius 2 is 1.68 bits per heavy atom. The molecule has 108 valence electrons. The van der Waals surface area contributed by atoms with E-state index in [9.17, 15) is 8.42 Å². The van der Waals surface area contributed by atoms with Crippen LogP contribution in [0, 0.1) is 0 Å². The summed E-state index contributed by atoms with van der Waals surface area (Å²) in [6, 6.07) is 7.05. The number of hydrogen-bond acceptors (Lipinski definition) is 4. The van der Waals surface area contributed by atoms with E-state index >= 15 is 0 Å². The standard InChI is InChI=1S/C14H24N2O2S/c1-4-16(5-2)11-10-15-12-13-6-8-14(9-7-13)19(3,17)18/h6-9,15H,4-5,10-12H2,1-3H3. The molecular formula is C14H24N2O2S. The van der Waals surface area contributed by atoms with Gasteiger partial charge in [-0.2, -0.15) is 0 Å². The molecule has 0 fully saturated rings. The molecule has 0 radical (unpaired) electrons. The van der Waals surface area contributed by atoms with Gasteiger partial charge in [0.25, 0.3) is 0 Å². The van der Waals surface area contributed by atoms with E-state index in [1.165, 1.54) is 6.26 Å². The largest absolute Gasteiger partial charge is 0.311 e. The quantitative estimate of drug-likeness (QED) is 0.735. The second kappa shape index (κ2) is 7.62. The summed E-state index contributed by atoms with van der Waals surface area (Å²) in [5, 5.41) is 3.37. The van der Waals surface area contributed by atoms with Crippen LogP contribution >= 0.6 is 0 Å². The van der Waals surface area contributed by atoms with E-state index < -0.39 is 9.84 Å². The van der Waals surface area contributed by atoms with Crippen LogP contribution in [0.3, 0.4) is 0 Å². The molecule has 0 atom stereocenters. The van der Waals surface area contributed by atoms with Gasteiger partial charge in [-0.15, -0.1) is 0 Å². The van der Waals surface area contributed by atoms with Crippen LogP contribution in [0.25, 0.3) is 0 Å². The van der Waals surface area contributed by atoms with Gasteiger partial charge < -0.3 is 10.2 Å². The molecule has 0 aliphatic carbocycles. The van der Waals surface area contributed by atoms with Crippen molar-refractivity contribution in [1.29, 1.82) is 0 Å². The fraction of sp³-hybridized carbons (Fsp3) is 0.571. The lowest BCUT2D eigenvalue weighted by molar-refractivity contribution is 0.302. The molecule has 0 saturated carbocycles. The molecule has 1 N–H and O–H groups in total. The molecule has 0 aliphatic rings. The van der Waals surface area contributed by atoms with Gasteiger partial charge >= 0.3 is 0 Å². The van der Waals surface area contributed by atoms with Gasteiger partial charge in [0.15, 0.2) is 9.84 Å². The second-order valence-corrected chi connectivity index (χ2v) is 6.64. The van der Waals surface area contributed by atoms with Crippen molar-refractivity contribution in [2.24, 2.45) is 0 Å². The fourth-order valence-corrected chi connectivity index (χ4v) is 2.49. The first-order valence-corrected chi connectivity index (χ1v) is 8.58. The van der Waals surface area contributed by atoms with E-state index in [4.69, 9.17) is 0 Å². The number of likely N-dealkylation sites (N-methyl/N-ethyl adjacent to an activating group) is 1. The Bertz CT molecular complexity index is 465. The van der Waals surface area contributed by atoms with Crippen LogP contribution in [0.2, 0.25) is 0 Å². The predicted octanol–water partition coefficient (Wildman–Crippen LogP) is 1.52. The molecule has 4 nitrogen and oxygen atoms in total. The molecule has 0 heterocycles. The van der Waals surface area contributed by atoms with Crippen LogP contribution in [0.1, 0.15) is 19.4 Å². The number of nitrogens with zero attached hydrogens (tertiary/aromatic N) is 1. The molecule has 0 aliphatic heterocycles. The summed E-state index contributed by atoms with van der Waals surface area (Å²) in [7, 11) is -3.09. The molecule has 0 amide bonds. The first-order valence-electron chi connectivity index (χ1n) is 6.69. The van der Waals surface area contributed by atoms with Crippen LogP contribution in [-0.2, 0) is 16.4 Å². The van der Waals surface area contributed by atoms with Crippen molar-refractivity contribution in [1.82, 2.24) is 10.2 Å². The van der Waals surface area contributed by atoms with Crippen LogP contribution in [0.4, 0.5) is 0 Å². The highest BCUT2D eigenvalue weighted by Crippen LogP contribution is 2.09. The third-order valence-corrected chi connectivity index (χ3v) is 4.31. The molecule has 1 aromatic carbocycles. The average Bonchev–Trinajstić information content (AvgIpc) is 2.38. The monoisotopic (exact) mass is 284 g/mol. The third kappa shape index (κ3) is 5.72. The number of benzene rings is 1. The lowest BCUT2D eigenvalue weighted by Gasteiger charge is -2.18. The summed E-state index contributed by atoms with van der Waals surface area (Å²) in [6.07, 6.45) is 1.23. The molecule has 0 bridgehead atoms. The number of rotatable bonds is 8. The highest BCUT2D eigenvalue weighted by molar-refractivity contribution is 7.90.